The van der Waals surface area contributed by atoms with Crippen molar-refractivity contribution in [3.63, 3.8) is 0 Å². The van der Waals surface area contributed by atoms with E-state index in [-0.39, 0.29) is 5.91 Å². The van der Waals surface area contributed by atoms with E-state index in [1.165, 1.54) is 6.26 Å². The molecule has 0 atom stereocenters. The quantitative estimate of drug-likeness (QED) is 0.899. The lowest BCUT2D eigenvalue weighted by Gasteiger charge is -2.17. The topological polar surface area (TPSA) is 82.8 Å². The van der Waals surface area contributed by atoms with E-state index >= 15 is 0 Å². The van der Waals surface area contributed by atoms with Gasteiger partial charge in [0.25, 0.3) is 5.91 Å². The SMILES string of the molecule is CCN(CC)C(=O)c1coc2cc(NC(=O)O)ccc12. The zero-order valence-electron chi connectivity index (χ0n) is 11.3. The molecule has 0 aliphatic rings. The minimum atomic E-state index is -1.14. The lowest BCUT2D eigenvalue weighted by Crippen LogP contribution is -2.30. The predicted molar refractivity (Wildman–Crippen MR) is 75.1 cm³/mol. The van der Waals surface area contributed by atoms with Gasteiger partial charge in [-0.15, -0.1) is 0 Å². The number of carbonyl (C=O) groups is 2. The van der Waals surface area contributed by atoms with E-state index in [0.717, 1.165) is 0 Å². The van der Waals surface area contributed by atoms with Crippen LogP contribution in [0.1, 0.15) is 24.2 Å². The molecule has 0 bridgehead atoms. The summed E-state index contributed by atoms with van der Waals surface area (Å²) in [7, 11) is 0. The zero-order chi connectivity index (χ0) is 14.7. The van der Waals surface area contributed by atoms with Gasteiger partial charge in [-0.05, 0) is 26.0 Å². The molecule has 106 valence electrons. The van der Waals surface area contributed by atoms with Crippen LogP contribution < -0.4 is 5.32 Å². The summed E-state index contributed by atoms with van der Waals surface area (Å²) in [5.41, 5.74) is 1.37. The standard InChI is InChI=1S/C14H16N2O4/c1-3-16(4-2)13(17)11-8-20-12-7-9(15-14(18)19)5-6-10(11)12/h5-8,15H,3-4H2,1-2H3,(H,18,19). The van der Waals surface area contributed by atoms with Crippen molar-refractivity contribution < 1.29 is 19.1 Å². The fourth-order valence-corrected chi connectivity index (χ4v) is 2.08. The van der Waals surface area contributed by atoms with Crippen molar-refractivity contribution >= 4 is 28.7 Å². The van der Waals surface area contributed by atoms with Crippen molar-refractivity contribution in [1.82, 2.24) is 4.90 Å². The number of hydrogen-bond acceptors (Lipinski definition) is 3. The van der Waals surface area contributed by atoms with Gasteiger partial charge in [-0.25, -0.2) is 4.79 Å². The van der Waals surface area contributed by atoms with Crippen LogP contribution in [-0.2, 0) is 0 Å². The first-order chi connectivity index (χ1) is 9.56. The second kappa shape index (κ2) is 5.64. The van der Waals surface area contributed by atoms with Crippen LogP contribution in [0.4, 0.5) is 10.5 Å². The smallest absolute Gasteiger partial charge is 0.409 e. The number of furan rings is 1. The van der Waals surface area contributed by atoms with Gasteiger partial charge in [0.1, 0.15) is 11.8 Å². The average molecular weight is 276 g/mol. The Balaban J connectivity index is 2.37. The summed E-state index contributed by atoms with van der Waals surface area (Å²) >= 11 is 0. The maximum atomic E-state index is 12.3. The van der Waals surface area contributed by atoms with E-state index in [2.05, 4.69) is 5.32 Å². The lowest BCUT2D eigenvalue weighted by molar-refractivity contribution is 0.0774. The number of nitrogens with zero attached hydrogens (tertiary/aromatic N) is 1. The molecular formula is C14H16N2O4. The van der Waals surface area contributed by atoms with Gasteiger partial charge in [0.15, 0.2) is 0 Å². The minimum Gasteiger partial charge on any atom is -0.465 e. The fourth-order valence-electron chi connectivity index (χ4n) is 2.08. The zero-order valence-corrected chi connectivity index (χ0v) is 11.3. The van der Waals surface area contributed by atoms with Crippen LogP contribution in [0.5, 0.6) is 0 Å². The Hall–Kier alpha value is -2.50. The molecule has 6 heteroatoms. The van der Waals surface area contributed by atoms with E-state index in [9.17, 15) is 9.59 Å². The molecule has 20 heavy (non-hydrogen) atoms. The number of anilines is 1. The van der Waals surface area contributed by atoms with E-state index in [1.807, 2.05) is 13.8 Å². The third kappa shape index (κ3) is 2.59. The molecule has 0 fully saturated rings. The molecule has 0 unspecified atom stereocenters. The van der Waals surface area contributed by atoms with E-state index < -0.39 is 6.09 Å². The van der Waals surface area contributed by atoms with Gasteiger partial charge in [0.2, 0.25) is 0 Å². The molecule has 0 spiro atoms. The van der Waals surface area contributed by atoms with Gasteiger partial charge in [0, 0.05) is 30.2 Å². The van der Waals surface area contributed by atoms with Crippen molar-refractivity contribution in [2.45, 2.75) is 13.8 Å². The number of rotatable bonds is 4. The van der Waals surface area contributed by atoms with E-state index in [1.54, 1.807) is 23.1 Å². The Morgan fingerprint density at radius 1 is 1.30 bits per heavy atom. The number of carbonyl (C=O) groups excluding carboxylic acids is 1. The first kappa shape index (κ1) is 13.9. The van der Waals surface area contributed by atoms with Gasteiger partial charge in [-0.3, -0.25) is 10.1 Å². The molecule has 2 N–H and O–H groups in total. The first-order valence-corrected chi connectivity index (χ1v) is 6.37. The van der Waals surface area contributed by atoms with Crippen molar-refractivity contribution in [2.24, 2.45) is 0 Å². The monoisotopic (exact) mass is 276 g/mol. The second-order valence-corrected chi connectivity index (χ2v) is 4.27. The van der Waals surface area contributed by atoms with Crippen molar-refractivity contribution in [1.29, 1.82) is 0 Å². The summed E-state index contributed by atoms with van der Waals surface area (Å²) in [6.07, 6.45) is 0.269. The van der Waals surface area contributed by atoms with Crippen LogP contribution in [0.15, 0.2) is 28.9 Å². The number of amides is 2. The highest BCUT2D eigenvalue weighted by atomic mass is 16.4. The van der Waals surface area contributed by atoms with Crippen molar-refractivity contribution in [2.75, 3.05) is 18.4 Å². The number of benzene rings is 1. The minimum absolute atomic E-state index is 0.0901. The van der Waals surface area contributed by atoms with Gasteiger partial charge in [-0.1, -0.05) is 0 Å². The van der Waals surface area contributed by atoms with Crippen LogP contribution in [0.3, 0.4) is 0 Å². The maximum Gasteiger partial charge on any atom is 0.409 e. The van der Waals surface area contributed by atoms with Crippen molar-refractivity contribution in [3.05, 3.63) is 30.0 Å². The molecular weight excluding hydrogens is 260 g/mol. The van der Waals surface area contributed by atoms with Crippen LogP contribution in [0.2, 0.25) is 0 Å². The average Bonchev–Trinajstić information content (AvgIpc) is 2.82. The molecule has 0 saturated carbocycles. The molecule has 2 rings (SSSR count). The highest BCUT2D eigenvalue weighted by Gasteiger charge is 2.18. The molecule has 1 aromatic heterocycles. The molecule has 0 saturated heterocycles. The predicted octanol–water partition coefficient (Wildman–Crippen LogP) is 3.00. The van der Waals surface area contributed by atoms with Crippen LogP contribution in [0, 0.1) is 0 Å². The van der Waals surface area contributed by atoms with Gasteiger partial charge >= 0.3 is 6.09 Å². The summed E-state index contributed by atoms with van der Waals surface area (Å²) in [5.74, 6) is -0.0901. The lowest BCUT2D eigenvalue weighted by atomic mass is 10.1. The first-order valence-electron chi connectivity index (χ1n) is 6.37. The van der Waals surface area contributed by atoms with Gasteiger partial charge < -0.3 is 14.4 Å². The van der Waals surface area contributed by atoms with Gasteiger partial charge in [-0.2, -0.15) is 0 Å². The second-order valence-electron chi connectivity index (χ2n) is 4.27. The summed E-state index contributed by atoms with van der Waals surface area (Å²) in [5, 5.41) is 11.6. The summed E-state index contributed by atoms with van der Waals surface area (Å²) < 4.78 is 5.35. The van der Waals surface area contributed by atoms with Crippen molar-refractivity contribution in [3.8, 4) is 0 Å². The molecule has 0 aliphatic carbocycles. The highest BCUT2D eigenvalue weighted by Crippen LogP contribution is 2.25. The van der Waals surface area contributed by atoms with E-state index in [0.29, 0.717) is 35.3 Å². The summed E-state index contributed by atoms with van der Waals surface area (Å²) in [6.45, 7) is 5.08. The van der Waals surface area contributed by atoms with Gasteiger partial charge in [0.05, 0.1) is 5.56 Å². The molecule has 6 nitrogen and oxygen atoms in total. The Morgan fingerprint density at radius 3 is 2.60 bits per heavy atom. The third-order valence-electron chi connectivity index (χ3n) is 3.11. The molecule has 0 radical (unpaired) electrons. The Labute approximate surface area is 116 Å². The Kier molecular flexibility index (Phi) is 3.93. The Morgan fingerprint density at radius 2 is 2.00 bits per heavy atom. The third-order valence-corrected chi connectivity index (χ3v) is 3.11. The summed E-state index contributed by atoms with van der Waals surface area (Å²) in [6, 6.07) is 4.84. The number of fused-ring (bicyclic) bond motifs is 1. The van der Waals surface area contributed by atoms with E-state index in [4.69, 9.17) is 9.52 Å². The number of nitrogens with one attached hydrogen (secondary N) is 1. The largest absolute Gasteiger partial charge is 0.465 e. The highest BCUT2D eigenvalue weighted by molar-refractivity contribution is 6.06. The normalized spacial score (nSPS) is 10.5. The fraction of sp³-hybridized carbons (Fsp3) is 0.286. The molecule has 2 amide bonds. The number of carboxylic acid groups (broad SMARTS) is 1. The number of hydrogen-bond donors (Lipinski definition) is 2. The molecule has 2 aromatic rings. The molecule has 0 aliphatic heterocycles. The van der Waals surface area contributed by atoms with Crippen LogP contribution in [-0.4, -0.2) is 35.1 Å². The Bertz CT molecular complexity index is 644. The molecule has 1 aromatic carbocycles. The summed E-state index contributed by atoms with van der Waals surface area (Å²) in [4.78, 5) is 24.6. The van der Waals surface area contributed by atoms with Crippen LogP contribution in [0.25, 0.3) is 11.0 Å². The van der Waals surface area contributed by atoms with Crippen LogP contribution >= 0.6 is 0 Å². The molecule has 1 heterocycles. The maximum absolute atomic E-state index is 12.3.